The van der Waals surface area contributed by atoms with Crippen molar-refractivity contribution >= 4 is 5.69 Å². The number of hydrogen-bond acceptors (Lipinski definition) is 3. The Morgan fingerprint density at radius 2 is 1.95 bits per heavy atom. The number of hydrogen-bond donors (Lipinski definition) is 1. The minimum atomic E-state index is -2.77. The normalized spacial score (nSPS) is 29.7. The number of nitrogens with zero attached hydrogens (tertiary/aromatic N) is 1. The zero-order valence-corrected chi connectivity index (χ0v) is 11.6. The van der Waals surface area contributed by atoms with Gasteiger partial charge in [-0.25, -0.2) is 0 Å². The Morgan fingerprint density at radius 1 is 1.25 bits per heavy atom. The smallest absolute Gasteiger partial charge is 0.387 e. The quantitative estimate of drug-likeness (QED) is 0.916. The molecule has 0 spiro atoms. The lowest BCUT2D eigenvalue weighted by atomic mass is 9.98. The largest absolute Gasteiger partial charge is 0.435 e. The molecule has 1 aromatic carbocycles. The molecular weight excluding hydrogens is 262 g/mol. The van der Waals surface area contributed by atoms with Gasteiger partial charge in [-0.3, -0.25) is 0 Å². The summed E-state index contributed by atoms with van der Waals surface area (Å²) < 4.78 is 28.9. The lowest BCUT2D eigenvalue weighted by Crippen LogP contribution is -2.44. The average Bonchev–Trinajstić information content (AvgIpc) is 2.61. The summed E-state index contributed by atoms with van der Waals surface area (Å²) in [5, 5.41) is 3.46. The number of ether oxygens (including phenoxy) is 1. The SMILES string of the molecule is CN1C2CCC1CC(Nc1cccc(OC(F)F)c1)C2. The van der Waals surface area contributed by atoms with Gasteiger partial charge < -0.3 is 15.0 Å². The predicted octanol–water partition coefficient (Wildman–Crippen LogP) is 3.33. The van der Waals surface area contributed by atoms with Crippen molar-refractivity contribution < 1.29 is 13.5 Å². The van der Waals surface area contributed by atoms with Crippen molar-refractivity contribution in [3.63, 3.8) is 0 Å². The van der Waals surface area contributed by atoms with E-state index < -0.39 is 6.61 Å². The number of benzene rings is 1. The monoisotopic (exact) mass is 282 g/mol. The summed E-state index contributed by atoms with van der Waals surface area (Å²) in [6.45, 7) is -2.77. The summed E-state index contributed by atoms with van der Waals surface area (Å²) in [5.74, 6) is 0.209. The number of halogens is 2. The molecule has 0 aliphatic carbocycles. The van der Waals surface area contributed by atoms with Crippen molar-refractivity contribution in [1.82, 2.24) is 4.90 Å². The molecule has 2 aliphatic rings. The van der Waals surface area contributed by atoms with Crippen molar-refractivity contribution in [3.05, 3.63) is 24.3 Å². The van der Waals surface area contributed by atoms with E-state index in [2.05, 4.69) is 22.0 Å². The van der Waals surface area contributed by atoms with E-state index in [9.17, 15) is 8.78 Å². The van der Waals surface area contributed by atoms with Crippen LogP contribution in [0.5, 0.6) is 5.75 Å². The highest BCUT2D eigenvalue weighted by Crippen LogP contribution is 2.35. The molecule has 1 aromatic rings. The van der Waals surface area contributed by atoms with E-state index in [0.717, 1.165) is 18.5 Å². The minimum absolute atomic E-state index is 0.209. The van der Waals surface area contributed by atoms with Crippen molar-refractivity contribution in [2.45, 2.75) is 50.4 Å². The standard InChI is InChI=1S/C15H20F2N2O/c1-19-12-5-6-13(19)8-11(7-12)18-10-3-2-4-14(9-10)20-15(16)17/h2-4,9,11-13,15,18H,5-8H2,1H3. The molecule has 3 nitrogen and oxygen atoms in total. The van der Waals surface area contributed by atoms with Gasteiger partial charge in [-0.15, -0.1) is 0 Å². The third-order valence-corrected chi connectivity index (χ3v) is 4.53. The average molecular weight is 282 g/mol. The molecular formula is C15H20F2N2O. The van der Waals surface area contributed by atoms with Gasteiger partial charge in [-0.1, -0.05) is 6.07 Å². The topological polar surface area (TPSA) is 24.5 Å². The van der Waals surface area contributed by atoms with Gasteiger partial charge in [0, 0.05) is 29.9 Å². The second-order valence-electron chi connectivity index (χ2n) is 5.77. The fourth-order valence-corrected chi connectivity index (χ4v) is 3.53. The van der Waals surface area contributed by atoms with Crippen LogP contribution < -0.4 is 10.1 Å². The molecule has 2 saturated heterocycles. The fraction of sp³-hybridized carbons (Fsp3) is 0.600. The molecule has 2 fully saturated rings. The maximum Gasteiger partial charge on any atom is 0.387 e. The van der Waals surface area contributed by atoms with Crippen molar-refractivity contribution in [2.24, 2.45) is 0 Å². The maximum atomic E-state index is 12.2. The second-order valence-corrected chi connectivity index (χ2v) is 5.77. The van der Waals surface area contributed by atoms with Crippen LogP contribution in [-0.2, 0) is 0 Å². The Kier molecular flexibility index (Phi) is 3.78. The van der Waals surface area contributed by atoms with Crippen LogP contribution in [0.4, 0.5) is 14.5 Å². The number of anilines is 1. The zero-order chi connectivity index (χ0) is 14.1. The number of nitrogens with one attached hydrogen (secondary N) is 1. The molecule has 2 aliphatic heterocycles. The highest BCUT2D eigenvalue weighted by Gasteiger charge is 2.38. The Labute approximate surface area is 117 Å². The van der Waals surface area contributed by atoms with Gasteiger partial charge in [0.05, 0.1) is 0 Å². The van der Waals surface area contributed by atoms with Gasteiger partial charge in [-0.2, -0.15) is 8.78 Å². The molecule has 0 radical (unpaired) electrons. The fourth-order valence-electron chi connectivity index (χ4n) is 3.53. The molecule has 5 heteroatoms. The van der Waals surface area contributed by atoms with Crippen molar-refractivity contribution in [2.75, 3.05) is 12.4 Å². The third kappa shape index (κ3) is 2.87. The van der Waals surface area contributed by atoms with Gasteiger partial charge in [-0.05, 0) is 44.9 Å². The minimum Gasteiger partial charge on any atom is -0.435 e. The first-order valence-electron chi connectivity index (χ1n) is 7.15. The van der Waals surface area contributed by atoms with E-state index in [-0.39, 0.29) is 5.75 Å². The number of rotatable bonds is 4. The Morgan fingerprint density at radius 3 is 2.60 bits per heavy atom. The first kappa shape index (κ1) is 13.6. The first-order chi connectivity index (χ1) is 9.61. The van der Waals surface area contributed by atoms with Gasteiger partial charge >= 0.3 is 6.61 Å². The predicted molar refractivity (Wildman–Crippen MR) is 74.3 cm³/mol. The van der Waals surface area contributed by atoms with Crippen LogP contribution in [0.3, 0.4) is 0 Å². The first-order valence-corrected chi connectivity index (χ1v) is 7.15. The Hall–Kier alpha value is -1.36. The molecule has 3 rings (SSSR count). The van der Waals surface area contributed by atoms with Crippen LogP contribution in [0, 0.1) is 0 Å². The molecule has 0 amide bonds. The molecule has 2 heterocycles. The summed E-state index contributed by atoms with van der Waals surface area (Å²) in [4.78, 5) is 2.48. The highest BCUT2D eigenvalue weighted by molar-refractivity contribution is 5.49. The van der Waals surface area contributed by atoms with Crippen LogP contribution in [0.2, 0.25) is 0 Å². The molecule has 0 saturated carbocycles. The van der Waals surface area contributed by atoms with E-state index >= 15 is 0 Å². The van der Waals surface area contributed by atoms with E-state index in [1.54, 1.807) is 18.2 Å². The number of fused-ring (bicyclic) bond motifs is 2. The van der Waals surface area contributed by atoms with E-state index in [0.29, 0.717) is 18.1 Å². The lowest BCUT2D eigenvalue weighted by Gasteiger charge is -2.37. The summed E-state index contributed by atoms with van der Waals surface area (Å²) >= 11 is 0. The molecule has 20 heavy (non-hydrogen) atoms. The van der Waals surface area contributed by atoms with Crippen LogP contribution in [0.25, 0.3) is 0 Å². The van der Waals surface area contributed by atoms with Crippen LogP contribution in [0.1, 0.15) is 25.7 Å². The maximum absolute atomic E-state index is 12.2. The molecule has 2 atom stereocenters. The van der Waals surface area contributed by atoms with Gasteiger partial charge in [0.25, 0.3) is 0 Å². The van der Waals surface area contributed by atoms with Crippen LogP contribution in [0.15, 0.2) is 24.3 Å². The summed E-state index contributed by atoms with van der Waals surface area (Å²) in [7, 11) is 2.20. The van der Waals surface area contributed by atoms with Gasteiger partial charge in [0.2, 0.25) is 0 Å². The number of piperidine rings is 1. The van der Waals surface area contributed by atoms with Crippen molar-refractivity contribution in [1.29, 1.82) is 0 Å². The van der Waals surface area contributed by atoms with Crippen LogP contribution in [-0.4, -0.2) is 36.7 Å². The van der Waals surface area contributed by atoms with Crippen molar-refractivity contribution in [3.8, 4) is 5.75 Å². The molecule has 0 aromatic heterocycles. The third-order valence-electron chi connectivity index (χ3n) is 4.53. The van der Waals surface area contributed by atoms with E-state index in [1.807, 2.05) is 6.07 Å². The Balaban J connectivity index is 1.63. The molecule has 2 unspecified atom stereocenters. The van der Waals surface area contributed by atoms with Crippen LogP contribution >= 0.6 is 0 Å². The number of alkyl halides is 2. The summed E-state index contributed by atoms with van der Waals surface area (Å²) in [6, 6.07) is 8.58. The Bertz CT molecular complexity index is 455. The van der Waals surface area contributed by atoms with Gasteiger partial charge in [0.1, 0.15) is 5.75 Å². The van der Waals surface area contributed by atoms with Gasteiger partial charge in [0.15, 0.2) is 0 Å². The lowest BCUT2D eigenvalue weighted by molar-refractivity contribution is -0.0498. The van der Waals surface area contributed by atoms with E-state index in [4.69, 9.17) is 0 Å². The summed E-state index contributed by atoms with van der Waals surface area (Å²) in [5.41, 5.74) is 0.858. The van der Waals surface area contributed by atoms with E-state index in [1.165, 1.54) is 12.8 Å². The molecule has 110 valence electrons. The molecule has 1 N–H and O–H groups in total. The zero-order valence-electron chi connectivity index (χ0n) is 11.6. The molecule has 2 bridgehead atoms. The summed E-state index contributed by atoms with van der Waals surface area (Å²) in [6.07, 6.45) is 4.78. The highest BCUT2D eigenvalue weighted by atomic mass is 19.3. The second kappa shape index (κ2) is 5.56.